The van der Waals surface area contributed by atoms with Gasteiger partial charge in [-0.25, -0.2) is 0 Å². The summed E-state index contributed by atoms with van der Waals surface area (Å²) in [5, 5.41) is 0. The molecular formula is C11H23S. The molecule has 0 saturated heterocycles. The summed E-state index contributed by atoms with van der Waals surface area (Å²) in [7, 11) is 0. The molecule has 0 amide bonds. The topological polar surface area (TPSA) is 0 Å². The Bertz CT molecular complexity index is 61.4. The molecule has 12 heavy (non-hydrogen) atoms. The van der Waals surface area contributed by atoms with Gasteiger partial charge in [-0.2, -0.15) is 12.6 Å². The van der Waals surface area contributed by atoms with Gasteiger partial charge in [-0.3, -0.25) is 0 Å². The zero-order valence-electron chi connectivity index (χ0n) is 8.39. The monoisotopic (exact) mass is 187 g/mol. The maximum Gasteiger partial charge on any atom is -0.00978 e. The van der Waals surface area contributed by atoms with Crippen LogP contribution in [0.4, 0.5) is 0 Å². The van der Waals surface area contributed by atoms with Gasteiger partial charge in [0.1, 0.15) is 0 Å². The molecule has 0 atom stereocenters. The van der Waals surface area contributed by atoms with E-state index < -0.39 is 0 Å². The number of thiol groups is 1. The van der Waals surface area contributed by atoms with E-state index >= 15 is 0 Å². The van der Waals surface area contributed by atoms with Crippen LogP contribution in [-0.2, 0) is 0 Å². The second kappa shape index (κ2) is 11.4. The molecule has 0 aromatic carbocycles. The van der Waals surface area contributed by atoms with Crippen molar-refractivity contribution in [2.45, 2.75) is 58.3 Å². The Kier molecular flexibility index (Phi) is 11.7. The van der Waals surface area contributed by atoms with Crippen molar-refractivity contribution in [2.75, 3.05) is 5.75 Å². The van der Waals surface area contributed by atoms with Crippen molar-refractivity contribution in [3.05, 3.63) is 6.42 Å². The van der Waals surface area contributed by atoms with Crippen LogP contribution in [0.25, 0.3) is 0 Å². The van der Waals surface area contributed by atoms with Crippen LogP contribution in [0.1, 0.15) is 58.3 Å². The Morgan fingerprint density at radius 3 is 2.25 bits per heavy atom. The van der Waals surface area contributed by atoms with Crippen molar-refractivity contribution in [2.24, 2.45) is 0 Å². The highest BCUT2D eigenvalue weighted by Gasteiger charge is 1.90. The molecule has 0 bridgehead atoms. The van der Waals surface area contributed by atoms with Crippen molar-refractivity contribution in [1.29, 1.82) is 0 Å². The van der Waals surface area contributed by atoms with Gasteiger partial charge in [-0.1, -0.05) is 45.4 Å². The fourth-order valence-electron chi connectivity index (χ4n) is 1.27. The number of unbranched alkanes of at least 4 members (excludes halogenated alkanes) is 8. The van der Waals surface area contributed by atoms with Crippen LogP contribution in [0.5, 0.6) is 0 Å². The predicted molar refractivity (Wildman–Crippen MR) is 60.8 cm³/mol. The molecule has 73 valence electrons. The highest BCUT2D eigenvalue weighted by Crippen LogP contribution is 2.08. The third kappa shape index (κ3) is 10.3. The van der Waals surface area contributed by atoms with Crippen LogP contribution in [0.2, 0.25) is 0 Å². The Labute approximate surface area is 83.5 Å². The normalized spacial score (nSPS) is 10.5. The highest BCUT2D eigenvalue weighted by molar-refractivity contribution is 7.80. The van der Waals surface area contributed by atoms with Gasteiger partial charge >= 0.3 is 0 Å². The van der Waals surface area contributed by atoms with Gasteiger partial charge in [0.25, 0.3) is 0 Å². The van der Waals surface area contributed by atoms with E-state index in [0.717, 1.165) is 5.75 Å². The third-order valence-corrected chi connectivity index (χ3v) is 2.39. The Hall–Kier alpha value is 0.350. The van der Waals surface area contributed by atoms with Crippen LogP contribution < -0.4 is 0 Å². The molecule has 0 unspecified atom stereocenters. The Balaban J connectivity index is 2.73. The maximum absolute atomic E-state index is 4.17. The first kappa shape index (κ1) is 12.3. The van der Waals surface area contributed by atoms with Crippen LogP contribution in [0, 0.1) is 6.42 Å². The lowest BCUT2D eigenvalue weighted by Gasteiger charge is -1.99. The van der Waals surface area contributed by atoms with Gasteiger partial charge in [-0.05, 0) is 25.0 Å². The molecule has 0 N–H and O–H groups in total. The second-order valence-electron chi connectivity index (χ2n) is 3.36. The largest absolute Gasteiger partial charge is 0.179 e. The summed E-state index contributed by atoms with van der Waals surface area (Å²) < 4.78 is 0. The van der Waals surface area contributed by atoms with Crippen molar-refractivity contribution in [3.8, 4) is 0 Å². The molecule has 0 fully saturated rings. The smallest absolute Gasteiger partial charge is 0.00978 e. The molecule has 0 heterocycles. The molecule has 0 aliphatic heterocycles. The van der Waals surface area contributed by atoms with E-state index in [2.05, 4.69) is 26.0 Å². The summed E-state index contributed by atoms with van der Waals surface area (Å²) in [5.41, 5.74) is 0. The first-order chi connectivity index (χ1) is 5.91. The Morgan fingerprint density at radius 2 is 1.58 bits per heavy atom. The molecule has 0 spiro atoms. The molecule has 0 aromatic heterocycles. The highest BCUT2D eigenvalue weighted by atomic mass is 32.1. The molecule has 0 aliphatic rings. The van der Waals surface area contributed by atoms with Crippen molar-refractivity contribution in [1.82, 2.24) is 0 Å². The summed E-state index contributed by atoms with van der Waals surface area (Å²) in [5.74, 6) is 1.03. The summed E-state index contributed by atoms with van der Waals surface area (Å²) >= 11 is 4.17. The fourth-order valence-corrected chi connectivity index (χ4v) is 1.45. The van der Waals surface area contributed by atoms with Crippen molar-refractivity contribution < 1.29 is 0 Å². The van der Waals surface area contributed by atoms with E-state index in [-0.39, 0.29) is 0 Å². The van der Waals surface area contributed by atoms with Gasteiger partial charge < -0.3 is 0 Å². The minimum Gasteiger partial charge on any atom is -0.179 e. The van der Waals surface area contributed by atoms with Crippen LogP contribution >= 0.6 is 12.6 Å². The van der Waals surface area contributed by atoms with Gasteiger partial charge in [0.2, 0.25) is 0 Å². The van der Waals surface area contributed by atoms with Gasteiger partial charge in [0.05, 0.1) is 0 Å². The Morgan fingerprint density at radius 1 is 0.917 bits per heavy atom. The van der Waals surface area contributed by atoms with E-state index in [1.54, 1.807) is 0 Å². The SMILES string of the molecule is CCCCCCC[CH]CCCS. The fraction of sp³-hybridized carbons (Fsp3) is 0.909. The van der Waals surface area contributed by atoms with E-state index in [9.17, 15) is 0 Å². The number of hydrogen-bond donors (Lipinski definition) is 1. The van der Waals surface area contributed by atoms with Gasteiger partial charge in [0, 0.05) is 0 Å². The lowest BCUT2D eigenvalue weighted by atomic mass is 10.1. The molecular weight excluding hydrogens is 164 g/mol. The molecule has 1 radical (unpaired) electrons. The van der Waals surface area contributed by atoms with E-state index in [0.29, 0.717) is 0 Å². The molecule has 1 heteroatoms. The number of rotatable bonds is 9. The first-order valence-corrected chi connectivity index (χ1v) is 5.97. The molecule has 0 rings (SSSR count). The summed E-state index contributed by atoms with van der Waals surface area (Å²) in [6, 6.07) is 0. The second-order valence-corrected chi connectivity index (χ2v) is 3.80. The van der Waals surface area contributed by atoms with E-state index in [1.165, 1.54) is 51.4 Å². The van der Waals surface area contributed by atoms with Crippen molar-refractivity contribution >= 4 is 12.6 Å². The summed E-state index contributed by atoms with van der Waals surface area (Å²) in [6.45, 7) is 2.26. The van der Waals surface area contributed by atoms with Crippen LogP contribution in [0.15, 0.2) is 0 Å². The molecule has 0 aromatic rings. The summed E-state index contributed by atoms with van der Waals surface area (Å²) in [4.78, 5) is 0. The van der Waals surface area contributed by atoms with Crippen LogP contribution in [0.3, 0.4) is 0 Å². The average molecular weight is 187 g/mol. The van der Waals surface area contributed by atoms with Crippen LogP contribution in [-0.4, -0.2) is 5.75 Å². The van der Waals surface area contributed by atoms with Gasteiger partial charge in [-0.15, -0.1) is 0 Å². The molecule has 0 saturated carbocycles. The molecule has 0 aliphatic carbocycles. The predicted octanol–water partition coefficient (Wildman–Crippen LogP) is 4.26. The summed E-state index contributed by atoms with van der Waals surface area (Å²) in [6.07, 6.45) is 13.3. The van der Waals surface area contributed by atoms with E-state index in [4.69, 9.17) is 0 Å². The molecule has 0 nitrogen and oxygen atoms in total. The minimum atomic E-state index is 1.03. The lowest BCUT2D eigenvalue weighted by molar-refractivity contribution is 0.621. The third-order valence-electron chi connectivity index (χ3n) is 2.08. The zero-order chi connectivity index (χ0) is 9.07. The van der Waals surface area contributed by atoms with E-state index in [1.807, 2.05) is 0 Å². The van der Waals surface area contributed by atoms with Crippen molar-refractivity contribution in [3.63, 3.8) is 0 Å². The lowest BCUT2D eigenvalue weighted by Crippen LogP contribution is -1.82. The zero-order valence-corrected chi connectivity index (χ0v) is 9.28. The minimum absolute atomic E-state index is 1.03. The first-order valence-electron chi connectivity index (χ1n) is 5.34. The quantitative estimate of drug-likeness (QED) is 0.404. The standard InChI is InChI=1S/C11H23S/c1-2-3-4-5-6-7-8-9-10-11-12/h8,12H,2-7,9-11H2,1H3. The number of hydrogen-bond acceptors (Lipinski definition) is 1. The average Bonchev–Trinajstić information content (AvgIpc) is 2.10. The maximum atomic E-state index is 4.17. The van der Waals surface area contributed by atoms with Gasteiger partial charge in [0.15, 0.2) is 0 Å².